The Morgan fingerprint density at radius 2 is 1.63 bits per heavy atom. The van der Waals surface area contributed by atoms with Crippen molar-refractivity contribution in [3.63, 3.8) is 0 Å². The number of hydrogen-bond acceptors (Lipinski definition) is 6. The molecule has 30 heavy (non-hydrogen) atoms. The van der Waals surface area contributed by atoms with Gasteiger partial charge in [0.05, 0.1) is 9.79 Å². The number of rotatable bonds is 8. The number of hydrogen-bond donors (Lipinski definition) is 2. The zero-order chi connectivity index (χ0) is 21.4. The Kier molecular flexibility index (Phi) is 5.45. The van der Waals surface area contributed by atoms with E-state index in [4.69, 9.17) is 0 Å². The molecule has 1 saturated carbocycles. The van der Waals surface area contributed by atoms with Gasteiger partial charge in [0, 0.05) is 31.2 Å². The molecule has 0 spiro atoms. The quantitative estimate of drug-likeness (QED) is 0.539. The van der Waals surface area contributed by atoms with Gasteiger partial charge < -0.3 is 0 Å². The Bertz CT molecular complexity index is 1260. The first-order valence-electron chi connectivity index (χ1n) is 9.32. The van der Waals surface area contributed by atoms with Crippen LogP contribution < -0.4 is 9.44 Å². The number of aromatic nitrogens is 3. The molecule has 1 aliphatic rings. The number of imidazole rings is 1. The summed E-state index contributed by atoms with van der Waals surface area (Å²) in [6.45, 7) is 1.91. The maximum atomic E-state index is 12.6. The second-order valence-electron chi connectivity index (χ2n) is 7.06. The average Bonchev–Trinajstić information content (AvgIpc) is 3.42. The van der Waals surface area contributed by atoms with E-state index in [1.54, 1.807) is 35.3 Å². The molecule has 11 heteroatoms. The molecule has 1 fully saturated rings. The van der Waals surface area contributed by atoms with Crippen LogP contribution in [0.2, 0.25) is 0 Å². The smallest absolute Gasteiger partial charge is 0.240 e. The highest BCUT2D eigenvalue weighted by Gasteiger charge is 2.28. The van der Waals surface area contributed by atoms with Gasteiger partial charge in [-0.1, -0.05) is 0 Å². The SMILES string of the molecule is Cc1nccn1-c1cc(CNS(=O)(=O)c2ccc(S(=O)(=O)NC3CC3)cc2)ccn1. The second kappa shape index (κ2) is 7.91. The summed E-state index contributed by atoms with van der Waals surface area (Å²) in [6, 6.07) is 8.65. The number of nitrogens with one attached hydrogen (secondary N) is 2. The number of sulfonamides is 2. The molecule has 2 aromatic heterocycles. The van der Waals surface area contributed by atoms with Crippen molar-refractivity contribution < 1.29 is 16.8 Å². The van der Waals surface area contributed by atoms with Gasteiger partial charge in [0.1, 0.15) is 11.6 Å². The van der Waals surface area contributed by atoms with Crippen molar-refractivity contribution in [1.82, 2.24) is 24.0 Å². The molecule has 0 saturated heterocycles. The summed E-state index contributed by atoms with van der Waals surface area (Å²) in [5.41, 5.74) is 0.726. The first-order valence-corrected chi connectivity index (χ1v) is 12.3. The zero-order valence-corrected chi connectivity index (χ0v) is 17.8. The second-order valence-corrected chi connectivity index (χ2v) is 10.5. The summed E-state index contributed by atoms with van der Waals surface area (Å²) < 4.78 is 56.6. The van der Waals surface area contributed by atoms with Gasteiger partial charge >= 0.3 is 0 Å². The van der Waals surface area contributed by atoms with Crippen LogP contribution in [0.3, 0.4) is 0 Å². The van der Waals surface area contributed by atoms with E-state index in [1.807, 2.05) is 6.92 Å². The summed E-state index contributed by atoms with van der Waals surface area (Å²) in [4.78, 5) is 8.48. The van der Waals surface area contributed by atoms with Gasteiger partial charge in [-0.3, -0.25) is 4.57 Å². The molecule has 0 amide bonds. The van der Waals surface area contributed by atoms with Crippen LogP contribution in [0.25, 0.3) is 5.82 Å². The summed E-state index contributed by atoms with van der Waals surface area (Å²) in [7, 11) is -7.44. The fourth-order valence-corrected chi connectivity index (χ4v) is 5.19. The number of aryl methyl sites for hydroxylation is 1. The van der Waals surface area contributed by atoms with Crippen LogP contribution in [0, 0.1) is 6.92 Å². The molecule has 1 aliphatic carbocycles. The predicted octanol–water partition coefficient (Wildman–Crippen LogP) is 1.49. The van der Waals surface area contributed by atoms with Crippen LogP contribution >= 0.6 is 0 Å². The Morgan fingerprint density at radius 3 is 2.23 bits per heavy atom. The lowest BCUT2D eigenvalue weighted by Gasteiger charge is -2.10. The third-order valence-corrected chi connectivity index (χ3v) is 7.65. The number of nitrogens with zero attached hydrogens (tertiary/aromatic N) is 3. The molecule has 1 aromatic carbocycles. The van der Waals surface area contributed by atoms with Crippen LogP contribution in [-0.4, -0.2) is 37.4 Å². The van der Waals surface area contributed by atoms with Gasteiger partial charge in [-0.15, -0.1) is 0 Å². The van der Waals surface area contributed by atoms with Crippen molar-refractivity contribution in [2.75, 3.05) is 0 Å². The maximum Gasteiger partial charge on any atom is 0.240 e. The van der Waals surface area contributed by atoms with E-state index in [9.17, 15) is 16.8 Å². The zero-order valence-electron chi connectivity index (χ0n) is 16.2. The van der Waals surface area contributed by atoms with Crippen molar-refractivity contribution >= 4 is 20.0 Å². The lowest BCUT2D eigenvalue weighted by Crippen LogP contribution is -2.26. The number of pyridine rings is 1. The minimum absolute atomic E-state index is 0.00685. The van der Waals surface area contributed by atoms with Crippen molar-refractivity contribution in [2.45, 2.75) is 42.1 Å². The lowest BCUT2D eigenvalue weighted by atomic mass is 10.2. The molecule has 0 atom stereocenters. The largest absolute Gasteiger partial charge is 0.288 e. The van der Waals surface area contributed by atoms with Gasteiger partial charge in [0.15, 0.2) is 0 Å². The third kappa shape index (κ3) is 4.59. The van der Waals surface area contributed by atoms with Crippen LogP contribution in [0.1, 0.15) is 24.2 Å². The van der Waals surface area contributed by atoms with E-state index in [1.165, 1.54) is 24.3 Å². The van der Waals surface area contributed by atoms with Crippen molar-refractivity contribution in [2.24, 2.45) is 0 Å². The highest BCUT2D eigenvalue weighted by Crippen LogP contribution is 2.23. The normalized spacial score (nSPS) is 14.7. The Morgan fingerprint density at radius 1 is 0.967 bits per heavy atom. The lowest BCUT2D eigenvalue weighted by molar-refractivity contribution is 0.577. The minimum atomic E-state index is -3.81. The van der Waals surface area contributed by atoms with E-state index in [-0.39, 0.29) is 22.4 Å². The van der Waals surface area contributed by atoms with E-state index in [2.05, 4.69) is 19.4 Å². The average molecular weight is 448 g/mol. The first kappa shape index (κ1) is 20.7. The van der Waals surface area contributed by atoms with Crippen LogP contribution in [0.5, 0.6) is 0 Å². The third-order valence-electron chi connectivity index (χ3n) is 4.69. The summed E-state index contributed by atoms with van der Waals surface area (Å²) in [5.74, 6) is 1.41. The topological polar surface area (TPSA) is 123 Å². The van der Waals surface area contributed by atoms with Crippen LogP contribution in [-0.2, 0) is 26.6 Å². The van der Waals surface area contributed by atoms with Crippen LogP contribution in [0.4, 0.5) is 0 Å². The predicted molar refractivity (Wildman–Crippen MR) is 110 cm³/mol. The molecular weight excluding hydrogens is 426 g/mol. The summed E-state index contributed by atoms with van der Waals surface area (Å²) in [6.07, 6.45) is 6.69. The highest BCUT2D eigenvalue weighted by molar-refractivity contribution is 7.90. The molecular formula is C19H21N5O4S2. The molecule has 4 rings (SSSR count). The van der Waals surface area contributed by atoms with Gasteiger partial charge in [0.25, 0.3) is 0 Å². The molecule has 2 heterocycles. The molecule has 2 N–H and O–H groups in total. The molecule has 0 aliphatic heterocycles. The Hall–Kier alpha value is -2.60. The van der Waals surface area contributed by atoms with E-state index < -0.39 is 20.0 Å². The van der Waals surface area contributed by atoms with Gasteiger partial charge in [-0.05, 0) is 61.7 Å². The van der Waals surface area contributed by atoms with Gasteiger partial charge in [0.2, 0.25) is 20.0 Å². The monoisotopic (exact) mass is 447 g/mol. The molecule has 9 nitrogen and oxygen atoms in total. The minimum Gasteiger partial charge on any atom is -0.288 e. The molecule has 0 bridgehead atoms. The summed E-state index contributed by atoms with van der Waals surface area (Å²) in [5, 5.41) is 0. The van der Waals surface area contributed by atoms with Crippen LogP contribution in [0.15, 0.2) is 64.8 Å². The van der Waals surface area contributed by atoms with Crippen molar-refractivity contribution in [3.05, 3.63) is 66.4 Å². The van der Waals surface area contributed by atoms with E-state index in [0.717, 1.165) is 24.2 Å². The van der Waals surface area contributed by atoms with Crippen molar-refractivity contribution in [3.8, 4) is 5.82 Å². The van der Waals surface area contributed by atoms with Gasteiger partial charge in [-0.2, -0.15) is 0 Å². The molecule has 0 unspecified atom stereocenters. The molecule has 3 aromatic rings. The maximum absolute atomic E-state index is 12.6. The highest BCUT2D eigenvalue weighted by atomic mass is 32.2. The van der Waals surface area contributed by atoms with E-state index >= 15 is 0 Å². The van der Waals surface area contributed by atoms with E-state index in [0.29, 0.717) is 5.82 Å². The Balaban J connectivity index is 1.46. The molecule has 158 valence electrons. The number of benzene rings is 1. The van der Waals surface area contributed by atoms with Gasteiger partial charge in [-0.25, -0.2) is 36.2 Å². The Labute approximate surface area is 175 Å². The fraction of sp³-hybridized carbons (Fsp3) is 0.263. The first-order chi connectivity index (χ1) is 14.2. The summed E-state index contributed by atoms with van der Waals surface area (Å²) >= 11 is 0. The standard InChI is InChI=1S/C19H21N5O4S2/c1-14-20-10-11-24(14)19-12-15(8-9-21-19)13-22-29(25,26)17-4-6-18(7-5-17)30(27,28)23-16-2-3-16/h4-12,16,22-23H,2-3,13H2,1H3. The van der Waals surface area contributed by atoms with Crippen molar-refractivity contribution in [1.29, 1.82) is 0 Å². The fourth-order valence-electron chi connectivity index (χ4n) is 2.87. The molecule has 0 radical (unpaired) electrons.